The fourth-order valence-electron chi connectivity index (χ4n) is 8.03. The van der Waals surface area contributed by atoms with Crippen molar-refractivity contribution in [1.82, 2.24) is 50.1 Å². The second kappa shape index (κ2) is 16.8. The number of hydrogen-bond acceptors (Lipinski definition) is 12. The van der Waals surface area contributed by atoms with Gasteiger partial charge in [0.2, 0.25) is 0 Å². The largest absolute Gasteiger partial charge is 0.365 e. The molecular formula is C45H52N14. The van der Waals surface area contributed by atoms with Gasteiger partial charge in [0.1, 0.15) is 34.3 Å². The Morgan fingerprint density at radius 2 is 1.15 bits per heavy atom. The highest BCUT2D eigenvalue weighted by atomic mass is 15.3. The molecule has 0 radical (unpaired) electrons. The Morgan fingerprint density at radius 1 is 0.610 bits per heavy atom. The van der Waals surface area contributed by atoms with Crippen LogP contribution in [0.25, 0.3) is 44.1 Å². The summed E-state index contributed by atoms with van der Waals surface area (Å²) in [6, 6.07) is 25.1. The molecule has 14 nitrogen and oxygen atoms in total. The van der Waals surface area contributed by atoms with Crippen LogP contribution in [0.5, 0.6) is 0 Å². The summed E-state index contributed by atoms with van der Waals surface area (Å²) in [5.74, 6) is 3.46. The van der Waals surface area contributed by atoms with Gasteiger partial charge in [0, 0.05) is 94.3 Å². The fourth-order valence-corrected chi connectivity index (χ4v) is 8.03. The zero-order chi connectivity index (χ0) is 40.2. The van der Waals surface area contributed by atoms with Gasteiger partial charge >= 0.3 is 0 Å². The van der Waals surface area contributed by atoms with E-state index in [0.717, 1.165) is 97.7 Å². The average Bonchev–Trinajstić information content (AvgIpc) is 4.06. The van der Waals surface area contributed by atoms with Gasteiger partial charge in [-0.15, -0.1) is 0 Å². The van der Waals surface area contributed by atoms with Crippen molar-refractivity contribution >= 4 is 67.4 Å². The predicted molar refractivity (Wildman–Crippen MR) is 239 cm³/mol. The molecule has 14 heteroatoms. The Hall–Kier alpha value is -6.38. The van der Waals surface area contributed by atoms with Gasteiger partial charge in [0.15, 0.2) is 11.3 Å². The van der Waals surface area contributed by atoms with Crippen molar-refractivity contribution < 1.29 is 0 Å². The van der Waals surface area contributed by atoms with Crippen molar-refractivity contribution in [2.75, 3.05) is 79.8 Å². The molecule has 0 aliphatic carbocycles. The second-order valence-electron chi connectivity index (χ2n) is 15.6. The minimum Gasteiger partial charge on any atom is -0.365 e. The zero-order valence-corrected chi connectivity index (χ0v) is 34.0. The lowest BCUT2D eigenvalue weighted by atomic mass is 9.81. The molecule has 3 fully saturated rings. The third kappa shape index (κ3) is 8.45. The summed E-state index contributed by atoms with van der Waals surface area (Å²) in [6.45, 7) is 13.8. The summed E-state index contributed by atoms with van der Waals surface area (Å²) in [7, 11) is 2.15. The first kappa shape index (κ1) is 38.2. The lowest BCUT2D eigenvalue weighted by molar-refractivity contribution is 0.199. The molecule has 9 heterocycles. The molecule has 3 aliphatic heterocycles. The van der Waals surface area contributed by atoms with E-state index in [4.69, 9.17) is 15.0 Å². The third-order valence-corrected chi connectivity index (χ3v) is 11.6. The molecule has 5 N–H and O–H groups in total. The number of aromatic nitrogens is 8. The van der Waals surface area contributed by atoms with Gasteiger partial charge < -0.3 is 40.6 Å². The van der Waals surface area contributed by atoms with Crippen molar-refractivity contribution in [2.24, 2.45) is 5.41 Å². The molecular weight excluding hydrogens is 737 g/mol. The van der Waals surface area contributed by atoms with Crippen LogP contribution in [0.15, 0.2) is 97.6 Å². The lowest BCUT2D eigenvalue weighted by Crippen LogP contribution is -2.54. The van der Waals surface area contributed by atoms with Crippen LogP contribution in [-0.4, -0.2) is 104 Å². The number of nitrogens with one attached hydrogen (secondary N) is 5. The molecule has 59 heavy (non-hydrogen) atoms. The van der Waals surface area contributed by atoms with Crippen molar-refractivity contribution in [3.63, 3.8) is 0 Å². The summed E-state index contributed by atoms with van der Waals surface area (Å²) in [4.78, 5) is 41.6. The van der Waals surface area contributed by atoms with Crippen LogP contribution in [0.1, 0.15) is 31.4 Å². The highest BCUT2D eigenvalue weighted by Crippen LogP contribution is 2.36. The number of likely N-dealkylation sites (N-methyl/N-ethyl adjacent to an activating group) is 1. The van der Waals surface area contributed by atoms with Crippen LogP contribution in [0.3, 0.4) is 0 Å². The van der Waals surface area contributed by atoms with Crippen LogP contribution in [0, 0.1) is 5.41 Å². The first-order valence-electron chi connectivity index (χ1n) is 20.8. The van der Waals surface area contributed by atoms with Crippen molar-refractivity contribution in [3.8, 4) is 0 Å². The molecule has 0 atom stereocenters. The van der Waals surface area contributed by atoms with E-state index in [-0.39, 0.29) is 0 Å². The number of hydrogen-bond donors (Lipinski definition) is 5. The number of anilines is 4. The molecule has 0 bridgehead atoms. The number of rotatable bonds is 8. The maximum Gasteiger partial charge on any atom is 0.182 e. The summed E-state index contributed by atoms with van der Waals surface area (Å²) < 4.78 is 0. The Bertz CT molecular complexity index is 2680. The second-order valence-corrected chi connectivity index (χ2v) is 15.6. The summed E-state index contributed by atoms with van der Waals surface area (Å²) in [5.41, 5.74) is 8.14. The Balaban J connectivity index is 0.000000146. The van der Waals surface area contributed by atoms with Gasteiger partial charge in [-0.25, -0.2) is 29.9 Å². The smallest absolute Gasteiger partial charge is 0.182 e. The zero-order valence-electron chi connectivity index (χ0n) is 34.0. The van der Waals surface area contributed by atoms with Crippen LogP contribution in [-0.2, 0) is 13.1 Å². The van der Waals surface area contributed by atoms with Gasteiger partial charge in [-0.2, -0.15) is 0 Å². The number of benzene rings is 2. The van der Waals surface area contributed by atoms with E-state index in [9.17, 15) is 0 Å². The molecule has 6 aromatic heterocycles. The third-order valence-electron chi connectivity index (χ3n) is 11.6. The molecule has 1 spiro atoms. The molecule has 8 aromatic rings. The number of H-pyrrole nitrogens is 2. The maximum atomic E-state index is 4.82. The summed E-state index contributed by atoms with van der Waals surface area (Å²) >= 11 is 0. The van der Waals surface area contributed by atoms with Crippen LogP contribution >= 0.6 is 0 Å². The molecule has 2 aromatic carbocycles. The number of piperazine rings is 1. The molecule has 0 unspecified atom stereocenters. The first-order chi connectivity index (χ1) is 29.0. The Kier molecular flexibility index (Phi) is 10.9. The molecule has 302 valence electrons. The Labute approximate surface area is 343 Å². The van der Waals surface area contributed by atoms with Gasteiger partial charge in [-0.05, 0) is 83.9 Å². The normalized spacial score (nSPS) is 16.2. The number of nitrogens with zero attached hydrogens (tertiary/aromatic N) is 9. The molecule has 0 saturated carbocycles. The topological polar surface area (TPSA) is 155 Å². The standard InChI is InChI=1S/C22H23N7.C21H23N7.C2H6/c1-2-16-5-7-24-18(16)9-15(1)10-26-19-11-25-17-3-4-20(28-21(17)27-19)29-8-6-22(14-29)12-23-13-22;1-27-8-10-28(11-9-27)20-5-4-17-21(26-20)25-19(14-23-17)24-13-15-2-3-16-6-7-22-18(16)12-15;1-2/h1-5,7,9,11,23-24H,6,8,10,12-14H2,(H,26,27,28);2-7,12,14,22H,8-11,13H2,1H3,(H,24,25,26);1-2H3. The van der Waals surface area contributed by atoms with Crippen molar-refractivity contribution in [2.45, 2.75) is 33.4 Å². The van der Waals surface area contributed by atoms with Crippen molar-refractivity contribution in [3.05, 3.63) is 109 Å². The van der Waals surface area contributed by atoms with E-state index in [1.54, 1.807) is 12.4 Å². The SMILES string of the molecule is CC.CN1CCN(c2ccc3ncc(NCc4ccc5cc[nH]c5c4)nc3n2)CC1.c1cc2ccc(CNc3cnc4ccc(N5CCC6(CNC6)C5)nc4n3)cc2[nH]1. The first-order valence-corrected chi connectivity index (χ1v) is 20.8. The number of pyridine rings is 2. The van der Waals surface area contributed by atoms with Gasteiger partial charge in [0.05, 0.1) is 12.4 Å². The Morgan fingerprint density at radius 3 is 1.66 bits per heavy atom. The molecule has 0 amide bonds. The van der Waals surface area contributed by atoms with Crippen LogP contribution < -0.4 is 25.8 Å². The van der Waals surface area contributed by atoms with E-state index >= 15 is 0 Å². The fraction of sp³-hybridized carbons (Fsp3) is 0.333. The van der Waals surface area contributed by atoms with Gasteiger partial charge in [0.25, 0.3) is 0 Å². The van der Waals surface area contributed by atoms with Crippen molar-refractivity contribution in [1.29, 1.82) is 0 Å². The summed E-state index contributed by atoms with van der Waals surface area (Å²) in [5, 5.41) is 12.6. The van der Waals surface area contributed by atoms with Crippen LogP contribution in [0.4, 0.5) is 23.3 Å². The maximum absolute atomic E-state index is 4.82. The minimum absolute atomic E-state index is 0.450. The number of fused-ring (bicyclic) bond motifs is 4. The van der Waals surface area contributed by atoms with E-state index in [1.807, 2.05) is 44.4 Å². The van der Waals surface area contributed by atoms with Gasteiger partial charge in [-0.3, -0.25) is 0 Å². The van der Waals surface area contributed by atoms with E-state index in [0.29, 0.717) is 29.8 Å². The van der Waals surface area contributed by atoms with E-state index in [2.05, 4.69) is 117 Å². The van der Waals surface area contributed by atoms with E-state index in [1.165, 1.54) is 28.3 Å². The van der Waals surface area contributed by atoms with Crippen LogP contribution in [0.2, 0.25) is 0 Å². The van der Waals surface area contributed by atoms with Gasteiger partial charge in [-0.1, -0.05) is 38.1 Å². The molecule has 3 aliphatic rings. The quantitative estimate of drug-likeness (QED) is 0.110. The molecule has 11 rings (SSSR count). The number of aromatic amines is 2. The van der Waals surface area contributed by atoms with E-state index < -0.39 is 0 Å². The highest BCUT2D eigenvalue weighted by Gasteiger charge is 2.43. The predicted octanol–water partition coefficient (Wildman–Crippen LogP) is 6.81. The molecule has 3 saturated heterocycles. The minimum atomic E-state index is 0.450. The average molecular weight is 789 g/mol. The monoisotopic (exact) mass is 788 g/mol. The summed E-state index contributed by atoms with van der Waals surface area (Å²) in [6.07, 6.45) is 8.70. The lowest BCUT2D eigenvalue weighted by Gasteiger charge is -2.39. The highest BCUT2D eigenvalue weighted by molar-refractivity contribution is 5.81.